The van der Waals surface area contributed by atoms with Gasteiger partial charge in [-0.05, 0) is 36.8 Å². The summed E-state index contributed by atoms with van der Waals surface area (Å²) in [4.78, 5) is 0. The van der Waals surface area contributed by atoms with Crippen LogP contribution in [0.5, 0.6) is 11.5 Å². The molecule has 0 fully saturated rings. The van der Waals surface area contributed by atoms with Crippen LogP contribution >= 0.6 is 0 Å². The topological polar surface area (TPSA) is 46.1 Å². The molecule has 0 aliphatic rings. The van der Waals surface area contributed by atoms with Gasteiger partial charge in [-0.25, -0.2) is 0 Å². The smallest absolute Gasteiger partial charge is 0.872 e. The van der Waals surface area contributed by atoms with E-state index in [1.165, 1.54) is 101 Å². The van der Waals surface area contributed by atoms with Gasteiger partial charge >= 0.3 is 19.5 Å². The third kappa shape index (κ3) is 18.7. The summed E-state index contributed by atoms with van der Waals surface area (Å²) in [6.45, 7) is 4.49. The maximum Gasteiger partial charge on any atom is 2.00 e. The Labute approximate surface area is 217 Å². The summed E-state index contributed by atoms with van der Waals surface area (Å²) in [6, 6.07) is 14.6. The Balaban J connectivity index is 0.000000602. The maximum atomic E-state index is 11.1. The van der Waals surface area contributed by atoms with Crippen molar-refractivity contribution >= 4 is 0 Å². The first-order chi connectivity index (χ1) is 15.7. The van der Waals surface area contributed by atoms with Crippen LogP contribution in [0.1, 0.15) is 115 Å². The molecular weight excluding hydrogens is 458 g/mol. The van der Waals surface area contributed by atoms with Crippen LogP contribution in [0.25, 0.3) is 0 Å². The van der Waals surface area contributed by atoms with Gasteiger partial charge in [0, 0.05) is 0 Å². The molecule has 0 aromatic heterocycles. The van der Waals surface area contributed by atoms with Crippen LogP contribution in [0.15, 0.2) is 48.5 Å². The van der Waals surface area contributed by atoms with Gasteiger partial charge in [-0.2, -0.15) is 0 Å². The second-order valence-corrected chi connectivity index (χ2v) is 9.04. The van der Waals surface area contributed by atoms with Crippen molar-refractivity contribution in [2.24, 2.45) is 0 Å². The summed E-state index contributed by atoms with van der Waals surface area (Å²) < 4.78 is 0. The third-order valence-corrected chi connectivity index (χ3v) is 5.93. The van der Waals surface area contributed by atoms with Crippen LogP contribution in [0, 0.1) is 0 Å². The van der Waals surface area contributed by atoms with Gasteiger partial charge in [0.25, 0.3) is 0 Å². The normalized spacial score (nSPS) is 10.2. The van der Waals surface area contributed by atoms with E-state index in [-0.39, 0.29) is 31.0 Å². The Morgan fingerprint density at radius 3 is 1.15 bits per heavy atom. The van der Waals surface area contributed by atoms with E-state index in [1.807, 2.05) is 12.1 Å². The molecule has 2 rings (SSSR count). The summed E-state index contributed by atoms with van der Waals surface area (Å²) in [6.07, 6.45) is 20.7. The molecule has 0 unspecified atom stereocenters. The van der Waals surface area contributed by atoms with Crippen molar-refractivity contribution in [1.82, 2.24) is 0 Å². The Bertz CT molecular complexity index is 627. The van der Waals surface area contributed by atoms with Gasteiger partial charge in [-0.15, -0.1) is 11.5 Å². The molecule has 0 bridgehead atoms. The number of rotatable bonds is 16. The summed E-state index contributed by atoms with van der Waals surface area (Å²) in [5.41, 5.74) is 2.39. The van der Waals surface area contributed by atoms with E-state index in [2.05, 4.69) is 26.0 Å². The third-order valence-electron chi connectivity index (χ3n) is 5.93. The number of unbranched alkanes of at least 4 members (excludes halogenated alkanes) is 12. The van der Waals surface area contributed by atoms with Crippen molar-refractivity contribution in [3.05, 3.63) is 59.7 Å². The molecule has 2 nitrogen and oxygen atoms in total. The van der Waals surface area contributed by atoms with Gasteiger partial charge < -0.3 is 10.2 Å². The van der Waals surface area contributed by atoms with Crippen molar-refractivity contribution in [1.29, 1.82) is 0 Å². The molecule has 0 aliphatic heterocycles. The SMILES string of the molecule is CCCCCCCCCc1cccc([O-])c1.CCCCCCCCCc1cccc([O-])c1.[Zn+2]. The quantitative estimate of drug-likeness (QED) is 0.171. The molecule has 0 aliphatic carbocycles. The molecule has 0 heterocycles. The maximum absolute atomic E-state index is 11.1. The van der Waals surface area contributed by atoms with E-state index in [0.29, 0.717) is 0 Å². The number of aryl methyl sites for hydroxylation is 2. The van der Waals surface area contributed by atoms with Crippen molar-refractivity contribution in [2.75, 3.05) is 0 Å². The Morgan fingerprint density at radius 1 is 0.485 bits per heavy atom. The standard InChI is InChI=1S/2C15H24O.Zn/c2*1-2-3-4-5-6-7-8-10-14-11-9-12-15(16)13-14;/h2*9,11-13,16H,2-8,10H2,1H3;/q;;+2/p-2. The zero-order valence-corrected chi connectivity index (χ0v) is 24.4. The Kier molecular flexibility index (Phi) is 21.5. The zero-order valence-electron chi connectivity index (χ0n) is 21.5. The predicted molar refractivity (Wildman–Crippen MR) is 135 cm³/mol. The first-order valence-corrected chi connectivity index (χ1v) is 13.2. The number of hydrogen-bond donors (Lipinski definition) is 0. The zero-order chi connectivity index (χ0) is 23.3. The van der Waals surface area contributed by atoms with Crippen LogP contribution in [-0.2, 0) is 32.3 Å². The summed E-state index contributed by atoms with van der Waals surface area (Å²) in [7, 11) is 0. The molecule has 0 spiro atoms. The number of benzene rings is 2. The van der Waals surface area contributed by atoms with Gasteiger partial charge in [0.15, 0.2) is 0 Å². The van der Waals surface area contributed by atoms with E-state index in [9.17, 15) is 10.2 Å². The van der Waals surface area contributed by atoms with Crippen molar-refractivity contribution in [3.8, 4) is 11.5 Å². The van der Waals surface area contributed by atoms with E-state index < -0.39 is 0 Å². The van der Waals surface area contributed by atoms with Crippen molar-refractivity contribution in [3.63, 3.8) is 0 Å². The molecule has 2 aromatic carbocycles. The van der Waals surface area contributed by atoms with Crippen molar-refractivity contribution in [2.45, 2.75) is 117 Å². The van der Waals surface area contributed by atoms with E-state index in [1.54, 1.807) is 24.3 Å². The van der Waals surface area contributed by atoms with Crippen LogP contribution in [0.4, 0.5) is 0 Å². The fraction of sp³-hybridized carbons (Fsp3) is 0.600. The fourth-order valence-electron chi connectivity index (χ4n) is 3.97. The minimum atomic E-state index is 0. The van der Waals surface area contributed by atoms with Crippen LogP contribution in [0.3, 0.4) is 0 Å². The minimum Gasteiger partial charge on any atom is -0.872 e. The summed E-state index contributed by atoms with van der Waals surface area (Å²) in [5.74, 6) is 0.279. The summed E-state index contributed by atoms with van der Waals surface area (Å²) in [5, 5.41) is 22.2. The number of hydrogen-bond acceptors (Lipinski definition) is 2. The first kappa shape index (κ1) is 31.7. The molecule has 0 saturated heterocycles. The molecule has 180 valence electrons. The molecule has 0 saturated carbocycles. The average Bonchev–Trinajstić information content (AvgIpc) is 2.78. The van der Waals surface area contributed by atoms with E-state index >= 15 is 0 Å². The molecule has 33 heavy (non-hydrogen) atoms. The van der Waals surface area contributed by atoms with Gasteiger partial charge in [0.05, 0.1) is 0 Å². The second-order valence-electron chi connectivity index (χ2n) is 9.04. The van der Waals surface area contributed by atoms with E-state index in [4.69, 9.17) is 0 Å². The van der Waals surface area contributed by atoms with Gasteiger partial charge in [0.2, 0.25) is 0 Å². The van der Waals surface area contributed by atoms with Crippen LogP contribution in [0.2, 0.25) is 0 Å². The second kappa shape index (κ2) is 22.5. The molecule has 2 aromatic rings. The van der Waals surface area contributed by atoms with Gasteiger partial charge in [-0.3, -0.25) is 0 Å². The predicted octanol–water partition coefficient (Wildman–Crippen LogP) is 8.10. The molecule has 0 radical (unpaired) electrons. The molecule has 0 amide bonds. The van der Waals surface area contributed by atoms with E-state index in [0.717, 1.165) is 12.8 Å². The van der Waals surface area contributed by atoms with Crippen LogP contribution < -0.4 is 10.2 Å². The van der Waals surface area contributed by atoms with Crippen molar-refractivity contribution < 1.29 is 29.7 Å². The Morgan fingerprint density at radius 2 is 0.818 bits per heavy atom. The van der Waals surface area contributed by atoms with Gasteiger partial charge in [-0.1, -0.05) is 139 Å². The molecule has 3 heteroatoms. The molecule has 0 atom stereocenters. The average molecular weight is 504 g/mol. The van der Waals surface area contributed by atoms with Crippen LogP contribution in [-0.4, -0.2) is 0 Å². The first-order valence-electron chi connectivity index (χ1n) is 13.2. The minimum absolute atomic E-state index is 0. The van der Waals surface area contributed by atoms with Gasteiger partial charge in [0.1, 0.15) is 0 Å². The monoisotopic (exact) mass is 502 g/mol. The molecular formula is C30H46O2Zn. The fourth-order valence-corrected chi connectivity index (χ4v) is 3.97. The Hall–Kier alpha value is -1.34. The summed E-state index contributed by atoms with van der Waals surface area (Å²) >= 11 is 0. The molecule has 0 N–H and O–H groups in total. The largest absolute Gasteiger partial charge is 2.00 e.